The fourth-order valence-corrected chi connectivity index (χ4v) is 3.42. The van der Waals surface area contributed by atoms with Crippen molar-refractivity contribution in [2.24, 2.45) is 0 Å². The summed E-state index contributed by atoms with van der Waals surface area (Å²) in [6.45, 7) is 3.67. The zero-order chi connectivity index (χ0) is 20.5. The molecular formula is C21H18ClN5O2. The first-order valence-electron chi connectivity index (χ1n) is 8.92. The molecule has 1 N–H and O–H groups in total. The summed E-state index contributed by atoms with van der Waals surface area (Å²) >= 11 is 6.14. The van der Waals surface area contributed by atoms with Crippen LogP contribution in [0.2, 0.25) is 5.02 Å². The van der Waals surface area contributed by atoms with Gasteiger partial charge in [-0.25, -0.2) is 4.52 Å². The van der Waals surface area contributed by atoms with E-state index >= 15 is 0 Å². The molecule has 0 spiro atoms. The van der Waals surface area contributed by atoms with Crippen LogP contribution in [0.25, 0.3) is 16.8 Å². The maximum Gasteiger partial charge on any atom is 0.278 e. The van der Waals surface area contributed by atoms with Gasteiger partial charge in [0.1, 0.15) is 5.75 Å². The maximum absolute atomic E-state index is 12.8. The van der Waals surface area contributed by atoms with Crippen molar-refractivity contribution in [3.05, 3.63) is 70.6 Å². The Balaban J connectivity index is 1.76. The van der Waals surface area contributed by atoms with Gasteiger partial charge in [0.15, 0.2) is 11.3 Å². The van der Waals surface area contributed by atoms with Crippen LogP contribution < -0.4 is 10.1 Å². The minimum Gasteiger partial charge on any atom is -0.495 e. The first kappa shape index (κ1) is 18.9. The smallest absolute Gasteiger partial charge is 0.278 e. The molecule has 1 amide bonds. The lowest BCUT2D eigenvalue weighted by molar-refractivity contribution is 0.101. The SMILES string of the molecule is COc1ccccc1NC(=O)c1nnc2c(-c3cccc(Cl)c3)c(C)nn2c1C. The Hall–Kier alpha value is -3.45. The van der Waals surface area contributed by atoms with Gasteiger partial charge >= 0.3 is 0 Å². The Morgan fingerprint density at radius 2 is 1.90 bits per heavy atom. The molecule has 0 aliphatic heterocycles. The molecule has 2 heterocycles. The topological polar surface area (TPSA) is 81.4 Å². The molecule has 0 aliphatic rings. The minimum atomic E-state index is -0.390. The molecule has 2 aromatic carbocycles. The second-order valence-electron chi connectivity index (χ2n) is 6.49. The van der Waals surface area contributed by atoms with Crippen molar-refractivity contribution < 1.29 is 9.53 Å². The first-order valence-corrected chi connectivity index (χ1v) is 9.30. The number of benzene rings is 2. The van der Waals surface area contributed by atoms with E-state index in [0.717, 1.165) is 16.8 Å². The van der Waals surface area contributed by atoms with E-state index in [0.29, 0.717) is 27.8 Å². The van der Waals surface area contributed by atoms with Gasteiger partial charge < -0.3 is 10.1 Å². The molecule has 0 atom stereocenters. The lowest BCUT2D eigenvalue weighted by Crippen LogP contribution is -2.19. The summed E-state index contributed by atoms with van der Waals surface area (Å²) in [5.74, 6) is 0.171. The molecule has 0 bridgehead atoms. The zero-order valence-corrected chi connectivity index (χ0v) is 16.9. The van der Waals surface area contributed by atoms with Gasteiger partial charge in [-0.1, -0.05) is 35.9 Å². The monoisotopic (exact) mass is 407 g/mol. The predicted octanol–water partition coefficient (Wildman–Crippen LogP) is 4.32. The number of halogens is 1. The third-order valence-electron chi connectivity index (χ3n) is 4.62. The first-order chi connectivity index (χ1) is 14.0. The van der Waals surface area contributed by atoms with Crippen molar-refractivity contribution in [3.8, 4) is 16.9 Å². The van der Waals surface area contributed by atoms with Crippen LogP contribution in [0, 0.1) is 13.8 Å². The lowest BCUT2D eigenvalue weighted by atomic mass is 10.1. The fraction of sp³-hybridized carbons (Fsp3) is 0.143. The summed E-state index contributed by atoms with van der Waals surface area (Å²) < 4.78 is 6.92. The van der Waals surface area contributed by atoms with Crippen LogP contribution in [0.3, 0.4) is 0 Å². The average molecular weight is 408 g/mol. The molecule has 0 saturated heterocycles. The standard InChI is InChI=1S/C21H18ClN5O2/c1-12-18(14-7-6-8-15(22)11-14)20-25-24-19(13(2)27(20)26-12)21(28)23-16-9-4-5-10-17(16)29-3/h4-11H,1-3H3,(H,23,28). The summed E-state index contributed by atoms with van der Waals surface area (Å²) in [4.78, 5) is 12.8. The summed E-state index contributed by atoms with van der Waals surface area (Å²) in [6, 6.07) is 14.6. The van der Waals surface area contributed by atoms with Crippen LogP contribution in [0.1, 0.15) is 21.9 Å². The molecule has 7 nitrogen and oxygen atoms in total. The number of hydrogen-bond acceptors (Lipinski definition) is 5. The van der Waals surface area contributed by atoms with Crippen molar-refractivity contribution in [2.75, 3.05) is 12.4 Å². The van der Waals surface area contributed by atoms with Crippen molar-refractivity contribution in [3.63, 3.8) is 0 Å². The van der Waals surface area contributed by atoms with E-state index in [4.69, 9.17) is 16.3 Å². The molecule has 0 unspecified atom stereocenters. The summed E-state index contributed by atoms with van der Waals surface area (Å²) in [5, 5.41) is 16.5. The highest BCUT2D eigenvalue weighted by Gasteiger charge is 2.21. The van der Waals surface area contributed by atoms with Gasteiger partial charge in [-0.15, -0.1) is 10.2 Å². The summed E-state index contributed by atoms with van der Waals surface area (Å²) in [7, 11) is 1.55. The fourth-order valence-electron chi connectivity index (χ4n) is 3.23. The normalized spacial score (nSPS) is 10.9. The maximum atomic E-state index is 12.8. The molecule has 8 heteroatoms. The Kier molecular flexibility index (Phi) is 4.90. The van der Waals surface area contributed by atoms with E-state index < -0.39 is 0 Å². The average Bonchev–Trinajstić information content (AvgIpc) is 3.05. The van der Waals surface area contributed by atoms with Gasteiger partial charge in [0.25, 0.3) is 5.91 Å². The molecule has 0 saturated carbocycles. The molecule has 0 aliphatic carbocycles. The second kappa shape index (κ2) is 7.52. The lowest BCUT2D eigenvalue weighted by Gasteiger charge is -2.10. The predicted molar refractivity (Wildman–Crippen MR) is 112 cm³/mol. The zero-order valence-electron chi connectivity index (χ0n) is 16.1. The molecule has 29 heavy (non-hydrogen) atoms. The Morgan fingerprint density at radius 3 is 2.66 bits per heavy atom. The van der Waals surface area contributed by atoms with Gasteiger partial charge in [0, 0.05) is 5.02 Å². The van der Waals surface area contributed by atoms with Crippen LogP contribution in [0.5, 0.6) is 5.75 Å². The number of rotatable bonds is 4. The number of anilines is 1. The van der Waals surface area contributed by atoms with Crippen molar-refractivity contribution in [2.45, 2.75) is 13.8 Å². The van der Waals surface area contributed by atoms with E-state index in [-0.39, 0.29) is 11.6 Å². The summed E-state index contributed by atoms with van der Waals surface area (Å²) in [6.07, 6.45) is 0. The van der Waals surface area contributed by atoms with E-state index in [9.17, 15) is 4.79 Å². The quantitative estimate of drug-likeness (QED) is 0.544. The molecule has 0 fully saturated rings. The number of ether oxygens (including phenoxy) is 1. The van der Waals surface area contributed by atoms with Gasteiger partial charge in [-0.2, -0.15) is 5.10 Å². The van der Waals surface area contributed by atoms with Gasteiger partial charge in [0.2, 0.25) is 0 Å². The number of amides is 1. The van der Waals surface area contributed by atoms with Crippen LogP contribution in [0.4, 0.5) is 5.69 Å². The number of para-hydroxylation sites is 2. The van der Waals surface area contributed by atoms with E-state index in [2.05, 4.69) is 20.6 Å². The molecule has 4 rings (SSSR count). The third kappa shape index (κ3) is 3.40. The van der Waals surface area contributed by atoms with Crippen LogP contribution in [0.15, 0.2) is 48.5 Å². The molecule has 146 valence electrons. The van der Waals surface area contributed by atoms with Gasteiger partial charge in [-0.05, 0) is 43.7 Å². The molecular weight excluding hydrogens is 390 g/mol. The van der Waals surface area contributed by atoms with E-state index in [1.807, 2.05) is 43.3 Å². The number of fused-ring (bicyclic) bond motifs is 1. The largest absolute Gasteiger partial charge is 0.495 e. The number of carbonyl (C=O) groups excluding carboxylic acids is 1. The highest BCUT2D eigenvalue weighted by atomic mass is 35.5. The van der Waals surface area contributed by atoms with Crippen molar-refractivity contribution in [1.82, 2.24) is 19.8 Å². The number of nitrogens with one attached hydrogen (secondary N) is 1. The highest BCUT2D eigenvalue weighted by Crippen LogP contribution is 2.30. The number of methoxy groups -OCH3 is 1. The van der Waals surface area contributed by atoms with Crippen molar-refractivity contribution >= 4 is 28.8 Å². The number of aromatic nitrogens is 4. The number of nitrogens with zero attached hydrogens (tertiary/aromatic N) is 4. The van der Waals surface area contributed by atoms with Crippen molar-refractivity contribution in [1.29, 1.82) is 0 Å². The van der Waals surface area contributed by atoms with Gasteiger partial charge in [0.05, 0.1) is 29.7 Å². The third-order valence-corrected chi connectivity index (χ3v) is 4.86. The molecule has 4 aromatic rings. The number of aryl methyl sites for hydroxylation is 2. The number of carbonyl (C=O) groups is 1. The Labute approximate surface area is 172 Å². The van der Waals surface area contributed by atoms with Crippen LogP contribution in [-0.4, -0.2) is 32.8 Å². The minimum absolute atomic E-state index is 0.184. The van der Waals surface area contributed by atoms with Gasteiger partial charge in [-0.3, -0.25) is 4.79 Å². The molecule has 2 aromatic heterocycles. The van der Waals surface area contributed by atoms with Crippen LogP contribution >= 0.6 is 11.6 Å². The van der Waals surface area contributed by atoms with Crippen LogP contribution in [-0.2, 0) is 0 Å². The van der Waals surface area contributed by atoms with E-state index in [1.54, 1.807) is 30.7 Å². The Morgan fingerprint density at radius 1 is 1.10 bits per heavy atom. The Bertz CT molecular complexity index is 1240. The highest BCUT2D eigenvalue weighted by molar-refractivity contribution is 6.30. The van der Waals surface area contributed by atoms with E-state index in [1.165, 1.54) is 0 Å². The molecule has 0 radical (unpaired) electrons. The second-order valence-corrected chi connectivity index (χ2v) is 6.93. The number of hydrogen-bond donors (Lipinski definition) is 1. The summed E-state index contributed by atoms with van der Waals surface area (Å²) in [5.41, 5.74) is 4.38.